The Labute approximate surface area is 387 Å². The van der Waals surface area contributed by atoms with Crippen LogP contribution in [0.3, 0.4) is 0 Å². The first-order valence-corrected chi connectivity index (χ1v) is 28.0. The zero-order valence-electron chi connectivity index (χ0n) is 42.2. The molecule has 0 aromatic rings. The number of hydrogen-bond donors (Lipinski definition) is 0. The molecule has 368 valence electrons. The number of ether oxygens (including phenoxy) is 3. The monoisotopic (exact) mass is 877 g/mol. The van der Waals surface area contributed by atoms with Crippen molar-refractivity contribution < 1.29 is 28.6 Å². The third-order valence-electron chi connectivity index (χ3n) is 12.9. The summed E-state index contributed by atoms with van der Waals surface area (Å²) in [7, 11) is 0. The van der Waals surface area contributed by atoms with E-state index in [1.807, 2.05) is 0 Å². The van der Waals surface area contributed by atoms with Crippen LogP contribution in [0.1, 0.15) is 323 Å². The molecule has 0 rings (SSSR count). The molecule has 0 aliphatic rings. The predicted octanol–water partition coefficient (Wildman–Crippen LogP) is 18.4. The lowest BCUT2D eigenvalue weighted by molar-refractivity contribution is -0.167. The summed E-state index contributed by atoms with van der Waals surface area (Å²) < 4.78 is 16.8. The number of carbonyl (C=O) groups is 3. The number of carbonyl (C=O) groups excluding carboxylic acids is 3. The maximum absolute atomic E-state index is 12.7. The summed E-state index contributed by atoms with van der Waals surface area (Å²) in [4.78, 5) is 37.9. The van der Waals surface area contributed by atoms with E-state index >= 15 is 0 Å². The van der Waals surface area contributed by atoms with Gasteiger partial charge in [0.05, 0.1) is 0 Å². The SMILES string of the molecule is CCCCCCCCCCCCCCCCCCCCCCCCCCC(=O)OCC(COC(=O)CCCCCCCCCCCC)OC(=O)CCCCCCCCCCCC. The van der Waals surface area contributed by atoms with E-state index in [4.69, 9.17) is 14.2 Å². The van der Waals surface area contributed by atoms with Crippen LogP contribution in [-0.4, -0.2) is 37.2 Å². The van der Waals surface area contributed by atoms with Crippen LogP contribution in [0, 0.1) is 0 Å². The molecule has 0 aromatic carbocycles. The Morgan fingerprint density at radius 3 is 0.645 bits per heavy atom. The summed E-state index contributed by atoms with van der Waals surface area (Å²) in [6.07, 6.45) is 56.8. The topological polar surface area (TPSA) is 78.9 Å². The zero-order valence-corrected chi connectivity index (χ0v) is 42.2. The molecule has 0 fully saturated rings. The second kappa shape index (κ2) is 52.0. The summed E-state index contributed by atoms with van der Waals surface area (Å²) in [5.74, 6) is -0.843. The molecule has 6 nitrogen and oxygen atoms in total. The molecule has 0 saturated heterocycles. The van der Waals surface area contributed by atoms with Crippen LogP contribution in [0.25, 0.3) is 0 Å². The maximum Gasteiger partial charge on any atom is 0.306 e. The van der Waals surface area contributed by atoms with Gasteiger partial charge in [0, 0.05) is 19.3 Å². The Balaban J connectivity index is 4.08. The highest BCUT2D eigenvalue weighted by Crippen LogP contribution is 2.17. The average molecular weight is 877 g/mol. The minimum Gasteiger partial charge on any atom is -0.462 e. The van der Waals surface area contributed by atoms with E-state index in [-0.39, 0.29) is 31.1 Å². The van der Waals surface area contributed by atoms with Gasteiger partial charge in [0.2, 0.25) is 0 Å². The summed E-state index contributed by atoms with van der Waals surface area (Å²) >= 11 is 0. The molecule has 6 heteroatoms. The Hall–Kier alpha value is -1.59. The first-order chi connectivity index (χ1) is 30.5. The minimum absolute atomic E-state index is 0.0620. The van der Waals surface area contributed by atoms with Crippen molar-refractivity contribution in [1.29, 1.82) is 0 Å². The van der Waals surface area contributed by atoms with Gasteiger partial charge < -0.3 is 14.2 Å². The van der Waals surface area contributed by atoms with Crippen molar-refractivity contribution >= 4 is 17.9 Å². The van der Waals surface area contributed by atoms with Crippen LogP contribution < -0.4 is 0 Å². The first-order valence-electron chi connectivity index (χ1n) is 28.0. The second-order valence-corrected chi connectivity index (χ2v) is 19.2. The number of esters is 3. The van der Waals surface area contributed by atoms with Gasteiger partial charge in [-0.3, -0.25) is 14.4 Å². The number of hydrogen-bond acceptors (Lipinski definition) is 6. The van der Waals surface area contributed by atoms with Crippen molar-refractivity contribution in [2.75, 3.05) is 13.2 Å². The maximum atomic E-state index is 12.7. The lowest BCUT2D eigenvalue weighted by Crippen LogP contribution is -2.30. The molecule has 62 heavy (non-hydrogen) atoms. The first kappa shape index (κ1) is 60.4. The smallest absolute Gasteiger partial charge is 0.306 e. The van der Waals surface area contributed by atoms with Crippen LogP contribution in [0.15, 0.2) is 0 Å². The van der Waals surface area contributed by atoms with Crippen molar-refractivity contribution in [3.05, 3.63) is 0 Å². The summed E-state index contributed by atoms with van der Waals surface area (Å²) in [5.41, 5.74) is 0. The molecule has 0 radical (unpaired) electrons. The van der Waals surface area contributed by atoms with Gasteiger partial charge in [0.25, 0.3) is 0 Å². The molecule has 0 aliphatic carbocycles. The minimum atomic E-state index is -0.759. The van der Waals surface area contributed by atoms with Gasteiger partial charge in [-0.05, 0) is 19.3 Å². The van der Waals surface area contributed by atoms with E-state index in [9.17, 15) is 14.4 Å². The molecule has 0 bridgehead atoms. The highest BCUT2D eigenvalue weighted by molar-refractivity contribution is 5.71. The fraction of sp³-hybridized carbons (Fsp3) is 0.946. The lowest BCUT2D eigenvalue weighted by Gasteiger charge is -2.18. The summed E-state index contributed by atoms with van der Waals surface area (Å²) in [5, 5.41) is 0. The lowest BCUT2D eigenvalue weighted by atomic mass is 10.0. The van der Waals surface area contributed by atoms with Gasteiger partial charge in [-0.25, -0.2) is 0 Å². The van der Waals surface area contributed by atoms with E-state index in [1.54, 1.807) is 0 Å². The average Bonchev–Trinajstić information content (AvgIpc) is 3.27. The third-order valence-corrected chi connectivity index (χ3v) is 12.9. The number of rotatable bonds is 52. The van der Waals surface area contributed by atoms with Gasteiger partial charge in [-0.1, -0.05) is 284 Å². The second-order valence-electron chi connectivity index (χ2n) is 19.2. The normalized spacial score (nSPS) is 11.9. The quantitative estimate of drug-likeness (QED) is 0.0344. The molecular formula is C56H108O6. The van der Waals surface area contributed by atoms with Crippen molar-refractivity contribution in [1.82, 2.24) is 0 Å². The van der Waals surface area contributed by atoms with Gasteiger partial charge in [-0.2, -0.15) is 0 Å². The Morgan fingerprint density at radius 2 is 0.435 bits per heavy atom. The highest BCUT2D eigenvalue weighted by Gasteiger charge is 2.19. The van der Waals surface area contributed by atoms with E-state index in [0.717, 1.165) is 57.8 Å². The van der Waals surface area contributed by atoms with Crippen molar-refractivity contribution in [2.45, 2.75) is 329 Å². The van der Waals surface area contributed by atoms with Crippen molar-refractivity contribution in [2.24, 2.45) is 0 Å². The molecule has 0 amide bonds. The fourth-order valence-electron chi connectivity index (χ4n) is 8.62. The summed E-state index contributed by atoms with van der Waals surface area (Å²) in [6.45, 7) is 6.67. The van der Waals surface area contributed by atoms with Gasteiger partial charge in [-0.15, -0.1) is 0 Å². The van der Waals surface area contributed by atoms with Crippen LogP contribution in [-0.2, 0) is 28.6 Å². The van der Waals surface area contributed by atoms with Gasteiger partial charge >= 0.3 is 17.9 Å². The van der Waals surface area contributed by atoms with Crippen LogP contribution >= 0.6 is 0 Å². The molecule has 0 heterocycles. The van der Waals surface area contributed by atoms with E-state index in [0.29, 0.717) is 19.3 Å². The van der Waals surface area contributed by atoms with E-state index in [1.165, 1.54) is 225 Å². The number of unbranched alkanes of at least 4 members (excludes halogenated alkanes) is 41. The van der Waals surface area contributed by atoms with Crippen molar-refractivity contribution in [3.8, 4) is 0 Å². The Bertz CT molecular complexity index is 920. The molecule has 1 unspecified atom stereocenters. The molecule has 0 saturated carbocycles. The molecule has 0 spiro atoms. The largest absolute Gasteiger partial charge is 0.462 e. The van der Waals surface area contributed by atoms with Gasteiger partial charge in [0.15, 0.2) is 6.10 Å². The molecule has 1 atom stereocenters. The molecular weight excluding hydrogens is 769 g/mol. The van der Waals surface area contributed by atoms with Crippen molar-refractivity contribution in [3.63, 3.8) is 0 Å². The van der Waals surface area contributed by atoms with Crippen LogP contribution in [0.2, 0.25) is 0 Å². The van der Waals surface area contributed by atoms with E-state index < -0.39 is 6.10 Å². The fourth-order valence-corrected chi connectivity index (χ4v) is 8.62. The highest BCUT2D eigenvalue weighted by atomic mass is 16.6. The molecule has 0 aromatic heterocycles. The zero-order chi connectivity index (χ0) is 45.1. The van der Waals surface area contributed by atoms with E-state index in [2.05, 4.69) is 20.8 Å². The molecule has 0 aliphatic heterocycles. The van der Waals surface area contributed by atoms with Gasteiger partial charge in [0.1, 0.15) is 13.2 Å². The molecule has 0 N–H and O–H groups in total. The Morgan fingerprint density at radius 1 is 0.258 bits per heavy atom. The summed E-state index contributed by atoms with van der Waals surface area (Å²) in [6, 6.07) is 0. The van der Waals surface area contributed by atoms with Crippen LogP contribution in [0.5, 0.6) is 0 Å². The third kappa shape index (κ3) is 49.4. The van der Waals surface area contributed by atoms with Crippen LogP contribution in [0.4, 0.5) is 0 Å². The standard InChI is InChI=1S/C56H108O6/c1-4-7-10-13-16-19-22-23-24-25-26-27-28-29-30-31-32-33-34-35-38-40-43-46-49-55(58)61-52-53(62-56(59)50-47-44-41-37-21-18-15-12-9-6-3)51-60-54(57)48-45-42-39-36-20-17-14-11-8-5-2/h53H,4-52H2,1-3H3. The predicted molar refractivity (Wildman–Crippen MR) is 266 cm³/mol. The Kier molecular flexibility index (Phi) is 50.7.